The Morgan fingerprint density at radius 1 is 1.50 bits per heavy atom. The van der Waals surface area contributed by atoms with Gasteiger partial charge in [0.15, 0.2) is 0 Å². The first-order valence-corrected chi connectivity index (χ1v) is 6.90. The van der Waals surface area contributed by atoms with Crippen molar-refractivity contribution in [2.75, 3.05) is 25.5 Å². The monoisotopic (exact) mass is 268 g/mol. The van der Waals surface area contributed by atoms with E-state index in [1.165, 1.54) is 12.8 Å². The van der Waals surface area contributed by atoms with Crippen molar-refractivity contribution >= 4 is 17.3 Å². The number of benzene rings is 1. The molecule has 1 aromatic rings. The summed E-state index contributed by atoms with van der Waals surface area (Å²) in [6, 6.07) is 4.57. The Morgan fingerprint density at radius 2 is 2.33 bits per heavy atom. The molecule has 1 aliphatic heterocycles. The molecule has 18 heavy (non-hydrogen) atoms. The molecule has 4 heteroatoms. The van der Waals surface area contributed by atoms with Gasteiger partial charge in [0.25, 0.3) is 0 Å². The summed E-state index contributed by atoms with van der Waals surface area (Å²) in [7, 11) is 1.69. The number of aryl methyl sites for hydroxylation is 1. The van der Waals surface area contributed by atoms with Gasteiger partial charge in [0.05, 0.1) is 12.8 Å². The smallest absolute Gasteiger partial charge is 0.142 e. The highest BCUT2D eigenvalue weighted by molar-refractivity contribution is 6.31. The Kier molecular flexibility index (Phi) is 4.72. The lowest BCUT2D eigenvalue weighted by atomic mass is 10.1. The van der Waals surface area contributed by atoms with E-state index in [1.807, 2.05) is 19.1 Å². The number of anilines is 1. The number of ether oxygens (including phenoxy) is 1. The average Bonchev–Trinajstić information content (AvgIpc) is 2.86. The molecule has 1 heterocycles. The highest BCUT2D eigenvalue weighted by Gasteiger charge is 2.13. The lowest BCUT2D eigenvalue weighted by Gasteiger charge is -2.15. The summed E-state index contributed by atoms with van der Waals surface area (Å²) in [5.74, 6) is 0.858. The molecule has 0 saturated carbocycles. The zero-order chi connectivity index (χ0) is 13.0. The molecule has 1 fully saturated rings. The van der Waals surface area contributed by atoms with Crippen molar-refractivity contribution in [3.63, 3.8) is 0 Å². The van der Waals surface area contributed by atoms with Crippen molar-refractivity contribution < 1.29 is 4.74 Å². The van der Waals surface area contributed by atoms with E-state index in [-0.39, 0.29) is 0 Å². The van der Waals surface area contributed by atoms with E-state index in [0.29, 0.717) is 6.04 Å². The van der Waals surface area contributed by atoms with Crippen LogP contribution in [-0.2, 0) is 0 Å². The molecule has 2 N–H and O–H groups in total. The zero-order valence-corrected chi connectivity index (χ0v) is 11.8. The topological polar surface area (TPSA) is 33.3 Å². The van der Waals surface area contributed by atoms with Crippen LogP contribution in [0.4, 0.5) is 5.69 Å². The summed E-state index contributed by atoms with van der Waals surface area (Å²) in [5, 5.41) is 7.68. The molecule has 0 aliphatic carbocycles. The molecule has 0 bridgehead atoms. The molecule has 1 aliphatic rings. The van der Waals surface area contributed by atoms with Gasteiger partial charge in [-0.2, -0.15) is 0 Å². The molecule has 0 radical (unpaired) electrons. The second-order valence-corrected chi connectivity index (χ2v) is 5.22. The van der Waals surface area contributed by atoms with Crippen LogP contribution >= 0.6 is 11.6 Å². The predicted molar refractivity (Wildman–Crippen MR) is 76.9 cm³/mol. The van der Waals surface area contributed by atoms with E-state index >= 15 is 0 Å². The van der Waals surface area contributed by atoms with Crippen LogP contribution < -0.4 is 15.4 Å². The molecule has 3 nitrogen and oxygen atoms in total. The van der Waals surface area contributed by atoms with Crippen molar-refractivity contribution in [3.05, 3.63) is 22.7 Å². The van der Waals surface area contributed by atoms with Gasteiger partial charge >= 0.3 is 0 Å². The van der Waals surface area contributed by atoms with Gasteiger partial charge in [-0.1, -0.05) is 11.6 Å². The van der Waals surface area contributed by atoms with Gasteiger partial charge in [0.2, 0.25) is 0 Å². The summed E-state index contributed by atoms with van der Waals surface area (Å²) in [4.78, 5) is 0. The van der Waals surface area contributed by atoms with E-state index in [9.17, 15) is 0 Å². The third-order valence-electron chi connectivity index (χ3n) is 3.45. The lowest BCUT2D eigenvalue weighted by Crippen LogP contribution is -2.24. The summed E-state index contributed by atoms with van der Waals surface area (Å²) in [6.45, 7) is 4.08. The van der Waals surface area contributed by atoms with Crippen LogP contribution in [0, 0.1) is 6.92 Å². The Labute approximate surface area is 114 Å². The highest BCUT2D eigenvalue weighted by Crippen LogP contribution is 2.30. The van der Waals surface area contributed by atoms with E-state index in [4.69, 9.17) is 16.3 Å². The van der Waals surface area contributed by atoms with E-state index in [1.54, 1.807) is 7.11 Å². The molecule has 1 saturated heterocycles. The largest absolute Gasteiger partial charge is 0.495 e. The average molecular weight is 269 g/mol. The number of rotatable bonds is 5. The maximum Gasteiger partial charge on any atom is 0.142 e. The van der Waals surface area contributed by atoms with Crippen molar-refractivity contribution in [1.29, 1.82) is 0 Å². The van der Waals surface area contributed by atoms with Crippen LogP contribution in [0.1, 0.15) is 24.8 Å². The predicted octanol–water partition coefficient (Wildman–Crippen LogP) is 3.21. The van der Waals surface area contributed by atoms with Gasteiger partial charge in [-0.15, -0.1) is 0 Å². The first-order chi connectivity index (χ1) is 8.70. The van der Waals surface area contributed by atoms with Gasteiger partial charge < -0.3 is 15.4 Å². The molecule has 1 atom stereocenters. The maximum atomic E-state index is 6.14. The molecule has 2 rings (SSSR count). The third kappa shape index (κ3) is 3.30. The highest BCUT2D eigenvalue weighted by atomic mass is 35.5. The van der Waals surface area contributed by atoms with E-state index in [2.05, 4.69) is 10.6 Å². The van der Waals surface area contributed by atoms with Crippen molar-refractivity contribution in [2.45, 2.75) is 32.2 Å². The third-order valence-corrected chi connectivity index (χ3v) is 3.86. The summed E-state index contributed by atoms with van der Waals surface area (Å²) < 4.78 is 5.37. The summed E-state index contributed by atoms with van der Waals surface area (Å²) in [6.07, 6.45) is 3.71. The van der Waals surface area contributed by atoms with Crippen LogP contribution in [0.5, 0.6) is 5.75 Å². The van der Waals surface area contributed by atoms with Crippen molar-refractivity contribution in [2.24, 2.45) is 0 Å². The van der Waals surface area contributed by atoms with Crippen LogP contribution in [0.25, 0.3) is 0 Å². The fourth-order valence-electron chi connectivity index (χ4n) is 2.35. The first kappa shape index (κ1) is 13.5. The fourth-order valence-corrected chi connectivity index (χ4v) is 2.51. The second-order valence-electron chi connectivity index (χ2n) is 4.81. The van der Waals surface area contributed by atoms with E-state index in [0.717, 1.165) is 41.5 Å². The molecule has 1 aromatic carbocycles. The Balaban J connectivity index is 1.93. The zero-order valence-electron chi connectivity index (χ0n) is 11.1. The normalized spacial score (nSPS) is 18.9. The van der Waals surface area contributed by atoms with Crippen molar-refractivity contribution in [1.82, 2.24) is 5.32 Å². The Hall–Kier alpha value is -0.930. The van der Waals surface area contributed by atoms with Crippen LogP contribution in [0.15, 0.2) is 12.1 Å². The lowest BCUT2D eigenvalue weighted by molar-refractivity contribution is 0.416. The Morgan fingerprint density at radius 3 is 3.00 bits per heavy atom. The van der Waals surface area contributed by atoms with Gasteiger partial charge in [0, 0.05) is 17.6 Å². The molecule has 0 amide bonds. The van der Waals surface area contributed by atoms with Gasteiger partial charge in [-0.05, 0) is 50.4 Å². The van der Waals surface area contributed by atoms with Crippen LogP contribution in [-0.4, -0.2) is 26.2 Å². The minimum Gasteiger partial charge on any atom is -0.495 e. The van der Waals surface area contributed by atoms with Crippen LogP contribution in [0.2, 0.25) is 5.02 Å². The minimum absolute atomic E-state index is 0.657. The first-order valence-electron chi connectivity index (χ1n) is 6.52. The second kappa shape index (κ2) is 6.30. The quantitative estimate of drug-likeness (QED) is 0.860. The summed E-state index contributed by atoms with van der Waals surface area (Å²) >= 11 is 6.14. The summed E-state index contributed by atoms with van der Waals surface area (Å²) in [5.41, 5.74) is 2.02. The molecule has 0 spiro atoms. The van der Waals surface area contributed by atoms with Crippen molar-refractivity contribution in [3.8, 4) is 5.75 Å². The van der Waals surface area contributed by atoms with Gasteiger partial charge in [0.1, 0.15) is 5.75 Å². The Bertz CT molecular complexity index is 403. The maximum absolute atomic E-state index is 6.14. The van der Waals surface area contributed by atoms with Gasteiger partial charge in [-0.3, -0.25) is 0 Å². The van der Waals surface area contributed by atoms with Gasteiger partial charge in [-0.25, -0.2) is 0 Å². The number of halogens is 1. The molecule has 1 unspecified atom stereocenters. The minimum atomic E-state index is 0.657. The van der Waals surface area contributed by atoms with Crippen LogP contribution in [0.3, 0.4) is 0 Å². The van der Waals surface area contributed by atoms with E-state index < -0.39 is 0 Å². The SMILES string of the molecule is COc1cc(C)c(Cl)cc1NCCC1CCCN1. The molecule has 0 aromatic heterocycles. The number of nitrogens with one attached hydrogen (secondary N) is 2. The number of hydrogen-bond acceptors (Lipinski definition) is 3. The molecule has 100 valence electrons. The molecular formula is C14H21ClN2O. The standard InChI is InChI=1S/C14H21ClN2O/c1-10-8-14(18-2)13(9-12(10)15)17-7-5-11-4-3-6-16-11/h8-9,11,16-17H,3-7H2,1-2H3. The number of methoxy groups -OCH3 is 1. The fraction of sp³-hybridized carbons (Fsp3) is 0.571. The number of hydrogen-bond donors (Lipinski definition) is 2. The molecular weight excluding hydrogens is 248 g/mol.